The Hall–Kier alpha value is -3.35. The third kappa shape index (κ3) is 2.45. The molecule has 166 valence electrons. The summed E-state index contributed by atoms with van der Waals surface area (Å²) in [6, 6.07) is 14.1. The molecule has 2 aromatic carbocycles. The molecular weight excluding hydrogens is 408 g/mol. The number of ether oxygens (including phenoxy) is 2. The monoisotopic (exact) mass is 434 g/mol. The summed E-state index contributed by atoms with van der Waals surface area (Å²) < 4.78 is 11.8. The molecule has 2 aliphatic heterocycles. The fourth-order valence-corrected chi connectivity index (χ4v) is 5.57. The van der Waals surface area contributed by atoms with Crippen molar-refractivity contribution in [2.24, 2.45) is 16.6 Å². The van der Waals surface area contributed by atoms with Crippen molar-refractivity contribution in [2.45, 2.75) is 51.7 Å². The molecule has 2 aromatic rings. The molecule has 7 heteroatoms. The number of rotatable bonds is 2. The maximum absolute atomic E-state index is 13.6. The number of amides is 2. The number of carbonyl (C=O) groups is 3. The number of nitrogens with two attached hydrogens (primary N) is 1. The summed E-state index contributed by atoms with van der Waals surface area (Å²) in [5.41, 5.74) is 5.75. The van der Waals surface area contributed by atoms with Crippen molar-refractivity contribution in [3.63, 3.8) is 0 Å². The van der Waals surface area contributed by atoms with Gasteiger partial charge in [-0.3, -0.25) is 9.69 Å². The zero-order valence-electron chi connectivity index (χ0n) is 18.4. The number of urea groups is 1. The first-order chi connectivity index (χ1) is 15.1. The molecule has 2 amide bonds. The van der Waals surface area contributed by atoms with Crippen molar-refractivity contribution < 1.29 is 23.9 Å². The van der Waals surface area contributed by atoms with Gasteiger partial charge in [-0.25, -0.2) is 9.59 Å². The molecule has 0 aromatic heterocycles. The second-order valence-electron chi connectivity index (χ2n) is 9.63. The summed E-state index contributed by atoms with van der Waals surface area (Å²) in [7, 11) is 0. The minimum Gasteiger partial charge on any atom is -0.454 e. The highest BCUT2D eigenvalue weighted by Gasteiger charge is 2.76. The van der Waals surface area contributed by atoms with Crippen LogP contribution in [0.5, 0.6) is 0 Å². The van der Waals surface area contributed by atoms with Gasteiger partial charge in [-0.15, -0.1) is 0 Å². The summed E-state index contributed by atoms with van der Waals surface area (Å²) in [4.78, 5) is 40.1. The molecule has 2 N–H and O–H groups in total. The summed E-state index contributed by atoms with van der Waals surface area (Å²) >= 11 is 0. The van der Waals surface area contributed by atoms with E-state index in [9.17, 15) is 14.4 Å². The molecule has 2 heterocycles. The van der Waals surface area contributed by atoms with Gasteiger partial charge in [0.1, 0.15) is 6.10 Å². The average molecular weight is 434 g/mol. The molecular formula is C25H26N2O5. The van der Waals surface area contributed by atoms with Crippen LogP contribution in [0.25, 0.3) is 0 Å². The van der Waals surface area contributed by atoms with Crippen LogP contribution in [0, 0.1) is 10.8 Å². The Morgan fingerprint density at radius 3 is 2.31 bits per heavy atom. The molecule has 5 rings (SSSR count). The maximum atomic E-state index is 13.6. The van der Waals surface area contributed by atoms with Gasteiger partial charge in [-0.1, -0.05) is 50.2 Å². The smallest absolute Gasteiger partial charge is 0.351 e. The number of carbonyl (C=O) groups excluding carboxylic acids is 3. The Morgan fingerprint density at radius 2 is 1.69 bits per heavy atom. The van der Waals surface area contributed by atoms with Crippen LogP contribution in [0.3, 0.4) is 0 Å². The van der Waals surface area contributed by atoms with Gasteiger partial charge in [-0.2, -0.15) is 0 Å². The first-order valence-electron chi connectivity index (χ1n) is 10.8. The highest BCUT2D eigenvalue weighted by Crippen LogP contribution is 2.66. The van der Waals surface area contributed by atoms with E-state index in [1.165, 1.54) is 4.90 Å². The van der Waals surface area contributed by atoms with Crippen LogP contribution in [-0.2, 0) is 25.5 Å². The van der Waals surface area contributed by atoms with Crippen molar-refractivity contribution in [2.75, 3.05) is 4.90 Å². The van der Waals surface area contributed by atoms with E-state index in [0.717, 1.165) is 5.56 Å². The molecule has 1 aliphatic carbocycles. The van der Waals surface area contributed by atoms with Crippen LogP contribution < -0.4 is 10.6 Å². The Balaban J connectivity index is 1.57. The van der Waals surface area contributed by atoms with Crippen LogP contribution in [0.4, 0.5) is 16.2 Å². The second-order valence-corrected chi connectivity index (χ2v) is 9.63. The average Bonchev–Trinajstić information content (AvgIpc) is 2.97. The van der Waals surface area contributed by atoms with Gasteiger partial charge < -0.3 is 15.2 Å². The van der Waals surface area contributed by atoms with Gasteiger partial charge in [0.25, 0.3) is 0 Å². The van der Waals surface area contributed by atoms with Crippen molar-refractivity contribution >= 4 is 29.3 Å². The van der Waals surface area contributed by atoms with Gasteiger partial charge in [0, 0.05) is 17.4 Å². The summed E-state index contributed by atoms with van der Waals surface area (Å²) in [6.45, 7) is 5.66. The molecule has 2 bridgehead atoms. The molecule has 7 nitrogen and oxygen atoms in total. The largest absolute Gasteiger partial charge is 0.454 e. The number of benzene rings is 2. The van der Waals surface area contributed by atoms with Crippen LogP contribution in [-0.4, -0.2) is 23.6 Å². The van der Waals surface area contributed by atoms with Crippen molar-refractivity contribution in [3.05, 3.63) is 59.7 Å². The molecule has 1 saturated heterocycles. The Kier molecular flexibility index (Phi) is 4.22. The first-order valence-corrected chi connectivity index (χ1v) is 10.8. The molecule has 0 spiro atoms. The van der Waals surface area contributed by atoms with Crippen LogP contribution in [0.15, 0.2) is 48.5 Å². The van der Waals surface area contributed by atoms with Gasteiger partial charge in [0.2, 0.25) is 5.60 Å². The zero-order valence-corrected chi connectivity index (χ0v) is 18.4. The minimum atomic E-state index is -1.32. The molecule has 3 atom stereocenters. The van der Waals surface area contributed by atoms with Crippen molar-refractivity contribution in [1.29, 1.82) is 0 Å². The van der Waals surface area contributed by atoms with Gasteiger partial charge in [-0.05, 0) is 37.5 Å². The molecule has 3 aliphatic rings. The predicted molar refractivity (Wildman–Crippen MR) is 117 cm³/mol. The van der Waals surface area contributed by atoms with E-state index in [1.807, 2.05) is 63.2 Å². The third-order valence-corrected chi connectivity index (χ3v) is 8.05. The molecule has 0 radical (unpaired) electrons. The SMILES string of the molecule is CC1(C)[C@@]2(C)CC[C@]1(C(=O)OC1Cc3ccccc3N(C(N)=O)c3ccccc31)OC2=O. The number of hydrogen-bond acceptors (Lipinski definition) is 5. The predicted octanol–water partition coefficient (Wildman–Crippen LogP) is 4.17. The number of para-hydroxylation sites is 2. The van der Waals surface area contributed by atoms with Crippen LogP contribution in [0.2, 0.25) is 0 Å². The van der Waals surface area contributed by atoms with Gasteiger partial charge in [0.05, 0.1) is 16.8 Å². The summed E-state index contributed by atoms with van der Waals surface area (Å²) in [6.07, 6.45) is 0.706. The van der Waals surface area contributed by atoms with E-state index in [-0.39, 0.29) is 5.97 Å². The standard InChI is InChI=1S/C25H26N2O5/c1-23(2)24(3)12-13-25(23,32-20(24)28)21(29)31-19-14-15-8-4-6-10-17(15)27(22(26)30)18-11-7-5-9-16(18)19/h4-11,19H,12-14H2,1-3H3,(H2,26,30)/t19?,24-,25+/m0/s1. The number of esters is 2. The highest BCUT2D eigenvalue weighted by atomic mass is 16.6. The van der Waals surface area contributed by atoms with E-state index in [1.54, 1.807) is 6.07 Å². The minimum absolute atomic E-state index is 0.350. The summed E-state index contributed by atoms with van der Waals surface area (Å²) in [5.74, 6) is -0.890. The van der Waals surface area contributed by atoms with E-state index < -0.39 is 34.5 Å². The highest BCUT2D eigenvalue weighted by molar-refractivity contribution is 6.00. The zero-order chi connectivity index (χ0) is 22.9. The van der Waals surface area contributed by atoms with E-state index >= 15 is 0 Å². The van der Waals surface area contributed by atoms with Gasteiger partial charge in [0.15, 0.2) is 0 Å². The number of anilines is 2. The van der Waals surface area contributed by atoms with Crippen LogP contribution in [0.1, 0.15) is 50.8 Å². The van der Waals surface area contributed by atoms with Crippen LogP contribution >= 0.6 is 0 Å². The lowest BCUT2D eigenvalue weighted by Crippen LogP contribution is -2.49. The van der Waals surface area contributed by atoms with E-state index in [0.29, 0.717) is 36.2 Å². The Labute approximate surface area is 186 Å². The number of nitrogens with zero attached hydrogens (tertiary/aromatic N) is 1. The number of primary amides is 1. The van der Waals surface area contributed by atoms with Crippen molar-refractivity contribution in [3.8, 4) is 0 Å². The third-order valence-electron chi connectivity index (χ3n) is 8.05. The fraction of sp³-hybridized carbons (Fsp3) is 0.400. The normalized spacial score (nSPS) is 29.5. The van der Waals surface area contributed by atoms with E-state index in [4.69, 9.17) is 15.2 Å². The van der Waals surface area contributed by atoms with Gasteiger partial charge >= 0.3 is 18.0 Å². The quantitative estimate of drug-likeness (QED) is 0.716. The molecule has 32 heavy (non-hydrogen) atoms. The maximum Gasteiger partial charge on any atom is 0.351 e. The topological polar surface area (TPSA) is 98.9 Å². The first kappa shape index (κ1) is 20.5. The second kappa shape index (κ2) is 6.58. The lowest BCUT2D eigenvalue weighted by molar-refractivity contribution is -0.187. The lowest BCUT2D eigenvalue weighted by Gasteiger charge is -2.35. The number of fused-ring (bicyclic) bond motifs is 4. The lowest BCUT2D eigenvalue weighted by atomic mass is 9.66. The Morgan fingerprint density at radius 1 is 1.03 bits per heavy atom. The van der Waals surface area contributed by atoms with E-state index in [2.05, 4.69) is 0 Å². The fourth-order valence-electron chi connectivity index (χ4n) is 5.57. The molecule has 2 fully saturated rings. The number of hydrogen-bond donors (Lipinski definition) is 1. The Bertz CT molecular complexity index is 1160. The molecule has 1 unspecified atom stereocenters. The summed E-state index contributed by atoms with van der Waals surface area (Å²) in [5, 5.41) is 0. The van der Waals surface area contributed by atoms with Crippen molar-refractivity contribution in [1.82, 2.24) is 0 Å². The molecule has 1 saturated carbocycles.